The summed E-state index contributed by atoms with van der Waals surface area (Å²) < 4.78 is 6.94. The van der Waals surface area contributed by atoms with E-state index in [-0.39, 0.29) is 18.2 Å². The van der Waals surface area contributed by atoms with Gasteiger partial charge in [0.1, 0.15) is 0 Å². The lowest BCUT2D eigenvalue weighted by molar-refractivity contribution is -0.0395. The Kier molecular flexibility index (Phi) is 6.39. The van der Waals surface area contributed by atoms with Crippen LogP contribution in [0.2, 0.25) is 0 Å². The topological polar surface area (TPSA) is 80.5 Å². The third-order valence-corrected chi connectivity index (χ3v) is 7.42. The van der Waals surface area contributed by atoms with Crippen LogP contribution >= 0.6 is 0 Å². The monoisotopic (exact) mass is 506 g/mol. The van der Waals surface area contributed by atoms with Crippen molar-refractivity contribution in [2.45, 2.75) is 25.0 Å². The summed E-state index contributed by atoms with van der Waals surface area (Å²) in [5.41, 5.74) is 5.79. The molecule has 0 bridgehead atoms. The average molecular weight is 507 g/mol. The van der Waals surface area contributed by atoms with E-state index in [4.69, 9.17) is 9.72 Å². The Balaban J connectivity index is 1.37. The molecule has 38 heavy (non-hydrogen) atoms. The van der Waals surface area contributed by atoms with Gasteiger partial charge in [0.25, 0.3) is 5.56 Å². The van der Waals surface area contributed by atoms with Gasteiger partial charge in [-0.25, -0.2) is 4.98 Å². The normalized spacial score (nSPS) is 17.7. The standard InChI is InChI=1S/C31H30N4O3/c1-34(2)23-10-8-21(9-11-23)27-12-7-20(17-32-27)15-22-16-26-30(25-6-4-3-5-24(22)25)33-19-35(31(26)37)28-13-14-38-18-29(28)36/h3-12,16-17,19,28-29,36H,13-15,18H2,1-2H3/t28-,29-/m0/s1. The minimum Gasteiger partial charge on any atom is -0.389 e. The largest absolute Gasteiger partial charge is 0.389 e. The smallest absolute Gasteiger partial charge is 0.261 e. The SMILES string of the molecule is CN(C)c1ccc(-c2ccc(Cc3cc4c(=O)n([C@H]5CCOC[C@@H]5O)cnc4c4ccccc34)cn2)cc1. The molecule has 5 aromatic rings. The van der Waals surface area contributed by atoms with E-state index in [2.05, 4.69) is 46.3 Å². The predicted octanol–water partition coefficient (Wildman–Crippen LogP) is 4.59. The molecule has 0 spiro atoms. The molecule has 3 aromatic carbocycles. The van der Waals surface area contributed by atoms with Crippen molar-refractivity contribution in [3.8, 4) is 11.3 Å². The van der Waals surface area contributed by atoms with Gasteiger partial charge in [-0.1, -0.05) is 42.5 Å². The average Bonchev–Trinajstić information content (AvgIpc) is 2.95. The van der Waals surface area contributed by atoms with Gasteiger partial charge in [0.2, 0.25) is 0 Å². The Morgan fingerprint density at radius 1 is 1.00 bits per heavy atom. The van der Waals surface area contributed by atoms with Crippen LogP contribution < -0.4 is 10.5 Å². The molecular formula is C31H30N4O3. The van der Waals surface area contributed by atoms with E-state index >= 15 is 0 Å². The van der Waals surface area contributed by atoms with Crippen molar-refractivity contribution in [2.75, 3.05) is 32.2 Å². The Morgan fingerprint density at radius 2 is 1.79 bits per heavy atom. The molecule has 7 heteroatoms. The molecule has 3 heterocycles. The fourth-order valence-electron chi connectivity index (χ4n) is 5.32. The lowest BCUT2D eigenvalue weighted by Crippen LogP contribution is -2.39. The lowest BCUT2D eigenvalue weighted by atomic mass is 9.96. The summed E-state index contributed by atoms with van der Waals surface area (Å²) in [6, 6.07) is 22.2. The molecule has 1 N–H and O–H groups in total. The number of pyridine rings is 1. The molecule has 0 saturated carbocycles. The van der Waals surface area contributed by atoms with E-state index in [1.54, 1.807) is 10.9 Å². The van der Waals surface area contributed by atoms with Crippen molar-refractivity contribution in [1.82, 2.24) is 14.5 Å². The first-order valence-electron chi connectivity index (χ1n) is 12.9. The fraction of sp³-hybridized carbons (Fsp3) is 0.258. The summed E-state index contributed by atoms with van der Waals surface area (Å²) in [6.07, 6.45) is 3.96. The van der Waals surface area contributed by atoms with Gasteiger partial charge < -0.3 is 14.7 Å². The molecule has 2 atom stereocenters. The van der Waals surface area contributed by atoms with Crippen molar-refractivity contribution in [2.24, 2.45) is 0 Å². The maximum absolute atomic E-state index is 13.6. The molecule has 1 aliphatic rings. The van der Waals surface area contributed by atoms with Gasteiger partial charge in [0.15, 0.2) is 0 Å². The molecule has 0 aliphatic carbocycles. The molecule has 2 aromatic heterocycles. The number of hydrogen-bond acceptors (Lipinski definition) is 6. The predicted molar refractivity (Wildman–Crippen MR) is 151 cm³/mol. The Hall–Kier alpha value is -4.07. The lowest BCUT2D eigenvalue weighted by Gasteiger charge is -2.29. The number of benzene rings is 3. The highest BCUT2D eigenvalue weighted by molar-refractivity contribution is 6.06. The number of hydrogen-bond donors (Lipinski definition) is 1. The molecule has 0 unspecified atom stereocenters. The van der Waals surface area contributed by atoms with Crippen LogP contribution in [0.15, 0.2) is 84.0 Å². The summed E-state index contributed by atoms with van der Waals surface area (Å²) in [7, 11) is 4.05. The number of rotatable bonds is 5. The molecule has 7 nitrogen and oxygen atoms in total. The number of ether oxygens (including phenoxy) is 1. The van der Waals surface area contributed by atoms with E-state index in [0.717, 1.165) is 38.8 Å². The van der Waals surface area contributed by atoms with Gasteiger partial charge in [-0.3, -0.25) is 14.3 Å². The van der Waals surface area contributed by atoms with Gasteiger partial charge in [-0.15, -0.1) is 0 Å². The van der Waals surface area contributed by atoms with Crippen molar-refractivity contribution in [1.29, 1.82) is 0 Å². The Labute approximate surface area is 221 Å². The van der Waals surface area contributed by atoms with Crippen LogP contribution in [-0.4, -0.2) is 53.1 Å². The van der Waals surface area contributed by atoms with Crippen LogP contribution in [0.5, 0.6) is 0 Å². The van der Waals surface area contributed by atoms with Crippen LogP contribution in [0.25, 0.3) is 32.9 Å². The van der Waals surface area contributed by atoms with Crippen molar-refractivity contribution >= 4 is 27.4 Å². The van der Waals surface area contributed by atoms with Gasteiger partial charge in [0, 0.05) is 43.5 Å². The molecule has 1 aliphatic heterocycles. The maximum Gasteiger partial charge on any atom is 0.261 e. The second-order valence-corrected chi connectivity index (χ2v) is 10.1. The number of aliphatic hydroxyl groups excluding tert-OH is 1. The van der Waals surface area contributed by atoms with E-state index in [1.165, 1.54) is 0 Å². The third-order valence-electron chi connectivity index (χ3n) is 7.42. The summed E-state index contributed by atoms with van der Waals surface area (Å²) in [5.74, 6) is 0. The number of aliphatic hydroxyl groups is 1. The fourth-order valence-corrected chi connectivity index (χ4v) is 5.32. The molecule has 1 fully saturated rings. The number of anilines is 1. The second-order valence-electron chi connectivity index (χ2n) is 10.1. The molecular weight excluding hydrogens is 476 g/mol. The highest BCUT2D eigenvalue weighted by Crippen LogP contribution is 2.29. The Bertz CT molecular complexity index is 1660. The summed E-state index contributed by atoms with van der Waals surface area (Å²) in [4.78, 5) is 25.1. The summed E-state index contributed by atoms with van der Waals surface area (Å²) in [5, 5.41) is 13.0. The Morgan fingerprint density at radius 3 is 2.50 bits per heavy atom. The zero-order chi connectivity index (χ0) is 26.2. The number of fused-ring (bicyclic) bond motifs is 3. The van der Waals surface area contributed by atoms with Gasteiger partial charge in [-0.2, -0.15) is 0 Å². The van der Waals surface area contributed by atoms with Gasteiger partial charge in [-0.05, 0) is 53.6 Å². The molecule has 0 amide bonds. The quantitative estimate of drug-likeness (QED) is 0.351. The van der Waals surface area contributed by atoms with Crippen LogP contribution in [0.3, 0.4) is 0 Å². The number of nitrogens with zero attached hydrogens (tertiary/aromatic N) is 4. The molecule has 192 valence electrons. The van der Waals surface area contributed by atoms with E-state index < -0.39 is 6.10 Å². The zero-order valence-corrected chi connectivity index (χ0v) is 21.5. The van der Waals surface area contributed by atoms with Crippen LogP contribution in [0, 0.1) is 0 Å². The van der Waals surface area contributed by atoms with Crippen LogP contribution in [0.1, 0.15) is 23.6 Å². The van der Waals surface area contributed by atoms with Gasteiger partial charge in [0.05, 0.1) is 41.7 Å². The van der Waals surface area contributed by atoms with E-state index in [0.29, 0.717) is 30.4 Å². The summed E-state index contributed by atoms with van der Waals surface area (Å²) >= 11 is 0. The first-order chi connectivity index (χ1) is 18.5. The van der Waals surface area contributed by atoms with E-state index in [1.807, 2.05) is 50.6 Å². The van der Waals surface area contributed by atoms with Crippen molar-refractivity contribution in [3.05, 3.63) is 101 Å². The first-order valence-corrected chi connectivity index (χ1v) is 12.9. The maximum atomic E-state index is 13.6. The van der Waals surface area contributed by atoms with Crippen molar-refractivity contribution in [3.63, 3.8) is 0 Å². The highest BCUT2D eigenvalue weighted by atomic mass is 16.5. The van der Waals surface area contributed by atoms with Crippen LogP contribution in [-0.2, 0) is 11.2 Å². The minimum absolute atomic E-state index is 0.136. The molecule has 0 radical (unpaired) electrons. The molecule has 6 rings (SSSR count). The third kappa shape index (κ3) is 4.44. The summed E-state index contributed by atoms with van der Waals surface area (Å²) in [6.45, 7) is 0.735. The van der Waals surface area contributed by atoms with Crippen molar-refractivity contribution < 1.29 is 9.84 Å². The molecule has 1 saturated heterocycles. The van der Waals surface area contributed by atoms with E-state index in [9.17, 15) is 9.90 Å². The van der Waals surface area contributed by atoms with Crippen LogP contribution in [0.4, 0.5) is 5.69 Å². The minimum atomic E-state index is -0.732. The zero-order valence-electron chi connectivity index (χ0n) is 21.5. The number of aromatic nitrogens is 3. The highest BCUT2D eigenvalue weighted by Gasteiger charge is 2.27. The second kappa shape index (κ2) is 10.0. The van der Waals surface area contributed by atoms with Gasteiger partial charge >= 0.3 is 0 Å². The first kappa shape index (κ1) is 24.3.